The third-order valence-electron chi connectivity index (χ3n) is 29.0. The molecule has 0 bridgehead atoms. The maximum Gasteiger partial charge on any atom is 1.00 e. The second-order valence-electron chi connectivity index (χ2n) is 39.0. The Hall–Kier alpha value is -0.0988. The van der Waals surface area contributed by atoms with Crippen LogP contribution in [-0.4, -0.2) is 85.3 Å². The Labute approximate surface area is 575 Å². The number of aliphatic hydroxyl groups excluding tert-OH is 1. The third kappa shape index (κ3) is 17.0. The molecule has 0 aromatic heterocycles. The summed E-state index contributed by atoms with van der Waals surface area (Å²) in [7, 11) is -3.47. The van der Waals surface area contributed by atoms with Crippen molar-refractivity contribution in [3.8, 4) is 0 Å². The first-order valence-corrected chi connectivity index (χ1v) is 43.5. The van der Waals surface area contributed by atoms with Crippen LogP contribution in [0.2, 0.25) is 36.3 Å². The number of allylic oxidation sites excluding steroid dienone is 2. The Bertz CT molecular complexity index is 2420. The van der Waals surface area contributed by atoms with Gasteiger partial charge in [0.1, 0.15) is 6.29 Å². The molecule has 520 valence electrons. The van der Waals surface area contributed by atoms with E-state index in [0.717, 1.165) is 87.6 Å². The fourth-order valence-corrected chi connectivity index (χ4v) is 23.2. The van der Waals surface area contributed by atoms with Crippen molar-refractivity contribution in [2.75, 3.05) is 26.4 Å². The predicted molar refractivity (Wildman–Crippen MR) is 380 cm³/mol. The summed E-state index contributed by atoms with van der Waals surface area (Å²) in [5, 5.41) is 12.3. The minimum Gasteiger partial charge on any atom is -0.414 e. The summed E-state index contributed by atoms with van der Waals surface area (Å²) in [6.45, 7) is 63.7. The van der Waals surface area contributed by atoms with E-state index in [1.54, 1.807) is 11.1 Å². The van der Waals surface area contributed by atoms with Gasteiger partial charge in [-0.15, -0.1) is 0 Å². The molecule has 0 amide bonds. The Kier molecular flexibility index (Phi) is 25.5. The van der Waals surface area contributed by atoms with Crippen molar-refractivity contribution in [1.82, 2.24) is 0 Å². The molecule has 0 aromatic carbocycles. The Morgan fingerprint density at radius 2 is 0.967 bits per heavy atom. The molecule has 11 heteroatoms. The molecule has 0 aromatic rings. The molecule has 6 saturated carbocycles. The van der Waals surface area contributed by atoms with Gasteiger partial charge in [-0.05, 0) is 239 Å². The average molecular weight is 1300 g/mol. The van der Waals surface area contributed by atoms with Crippen molar-refractivity contribution in [3.05, 3.63) is 30.2 Å². The molecule has 8 nitrogen and oxygen atoms in total. The van der Waals surface area contributed by atoms with Gasteiger partial charge < -0.3 is 44.6 Å². The Balaban J connectivity index is 0.000000220. The first-order valence-electron chi connectivity index (χ1n) is 37.7. The molecule has 11 unspecified atom stereocenters. The molecule has 2 aliphatic heterocycles. The molecule has 0 spiro atoms. The molecule has 8 aliphatic carbocycles. The molecule has 10 rings (SSSR count). The van der Waals surface area contributed by atoms with Crippen molar-refractivity contribution in [2.45, 2.75) is 328 Å². The van der Waals surface area contributed by atoms with Gasteiger partial charge in [0.15, 0.2) is 29.2 Å². The predicted octanol–water partition coefficient (Wildman–Crippen LogP) is 18.1. The van der Waals surface area contributed by atoms with Crippen LogP contribution in [0.25, 0.3) is 0 Å². The summed E-state index contributed by atoms with van der Waals surface area (Å²) in [5.74, 6) is 8.58. The van der Waals surface area contributed by atoms with Gasteiger partial charge in [-0.25, -0.2) is 0 Å². The number of fused-ring (bicyclic) bond motifs is 10. The van der Waals surface area contributed by atoms with Crippen molar-refractivity contribution >= 4 is 22.9 Å². The molecule has 10 aliphatic rings. The van der Waals surface area contributed by atoms with Crippen molar-refractivity contribution in [1.29, 1.82) is 0 Å². The Morgan fingerprint density at radius 3 is 1.35 bits per heavy atom. The van der Waals surface area contributed by atoms with Gasteiger partial charge in [-0.2, -0.15) is 5.92 Å². The van der Waals surface area contributed by atoms with E-state index in [9.17, 15) is 9.90 Å². The number of carbonyl (C=O) groups is 1. The van der Waals surface area contributed by atoms with E-state index in [1.807, 2.05) is 0 Å². The number of carbonyl (C=O) groups excluding carboxylic acids is 1. The zero-order chi connectivity index (χ0) is 66.8. The summed E-state index contributed by atoms with van der Waals surface area (Å²) in [5.41, 5.74) is 5.18. The molecular weight excluding hydrogens is 1150 g/mol. The molecule has 8 fully saturated rings. The Morgan fingerprint density at radius 1 is 0.571 bits per heavy atom. The first-order chi connectivity index (χ1) is 41.5. The fraction of sp³-hybridized carbons (Fsp3) is 0.925. The van der Waals surface area contributed by atoms with Gasteiger partial charge in [0.05, 0.1) is 32.5 Å². The fourth-order valence-electron chi connectivity index (χ4n) is 20.5. The molecule has 19 atom stereocenters. The normalized spacial score (nSPS) is 38.4. The SMILES string of the molecule is CC(C)C(CC1OCC(C)(C)CO1)CC(O)C(C)[C@H]1CCC2C3CC=C4C[C@@H](O[Si](C)(C)C(C)(C)C)CC[C@]4(C)C3CC[C@@]21C.CC(C=O)[C@H]1CCC2C3CC=C4C[C@@H](O[Si](C)(C)C(C)(C)C)CC[C@]4(C)C3CC[C@@]21C.[CH2-]C(CC1OCC(C)(C)CO1)C(C)C.[Li+]. The number of hydrogen-bond donors (Lipinski definition) is 1. The van der Waals surface area contributed by atoms with E-state index in [1.165, 1.54) is 103 Å². The summed E-state index contributed by atoms with van der Waals surface area (Å²) in [6.07, 6.45) is 30.2. The molecule has 2 heterocycles. The van der Waals surface area contributed by atoms with E-state index >= 15 is 0 Å². The van der Waals surface area contributed by atoms with Crippen molar-refractivity contribution in [3.63, 3.8) is 0 Å². The van der Waals surface area contributed by atoms with Crippen LogP contribution in [0.3, 0.4) is 0 Å². The van der Waals surface area contributed by atoms with Crippen LogP contribution in [0.1, 0.15) is 260 Å². The average Bonchev–Trinajstić information content (AvgIpc) is 1.72. The number of aliphatic hydroxyl groups is 1. The topological polar surface area (TPSA) is 92.7 Å². The minimum absolute atomic E-state index is 0. The smallest absolute Gasteiger partial charge is 0.414 e. The number of ether oxygens (including phenoxy) is 4. The molecule has 2 saturated heterocycles. The summed E-state index contributed by atoms with van der Waals surface area (Å²) in [6, 6.07) is 0. The van der Waals surface area contributed by atoms with Crippen LogP contribution >= 0.6 is 0 Å². The van der Waals surface area contributed by atoms with E-state index in [-0.39, 0.29) is 64.4 Å². The molecule has 91 heavy (non-hydrogen) atoms. The maximum absolute atomic E-state index is 11.8. The van der Waals surface area contributed by atoms with Crippen LogP contribution in [0.15, 0.2) is 23.3 Å². The molecular formula is C80H143LiO8Si2. The second-order valence-corrected chi connectivity index (χ2v) is 48.5. The number of rotatable bonds is 16. The van der Waals surface area contributed by atoms with Gasteiger partial charge in [0.2, 0.25) is 0 Å². The zero-order valence-electron chi connectivity index (χ0n) is 64.0. The third-order valence-corrected chi connectivity index (χ3v) is 38.0. The van der Waals surface area contributed by atoms with Crippen molar-refractivity contribution < 1.29 is 56.6 Å². The number of aldehydes is 1. The van der Waals surface area contributed by atoms with E-state index in [4.69, 9.17) is 27.8 Å². The van der Waals surface area contributed by atoms with Gasteiger partial charge in [0, 0.05) is 35.4 Å². The van der Waals surface area contributed by atoms with Gasteiger partial charge in [0.25, 0.3) is 0 Å². The van der Waals surface area contributed by atoms with Gasteiger partial charge >= 0.3 is 18.9 Å². The van der Waals surface area contributed by atoms with E-state index in [0.29, 0.717) is 75.3 Å². The molecule has 1 N–H and O–H groups in total. The number of hydrogen-bond acceptors (Lipinski definition) is 8. The van der Waals surface area contributed by atoms with Crippen LogP contribution in [0, 0.1) is 122 Å². The first kappa shape index (κ1) is 78.2. The van der Waals surface area contributed by atoms with Crippen LogP contribution in [0.5, 0.6) is 0 Å². The summed E-state index contributed by atoms with van der Waals surface area (Å²) < 4.78 is 37.4. The largest absolute Gasteiger partial charge is 1.00 e. The van der Waals surface area contributed by atoms with Crippen LogP contribution in [0.4, 0.5) is 0 Å². The summed E-state index contributed by atoms with van der Waals surface area (Å²) in [4.78, 5) is 11.6. The minimum atomic E-state index is -1.76. The monoisotopic (exact) mass is 1300 g/mol. The van der Waals surface area contributed by atoms with E-state index in [2.05, 4.69) is 184 Å². The van der Waals surface area contributed by atoms with Crippen molar-refractivity contribution in [2.24, 2.45) is 115 Å². The quantitative estimate of drug-likeness (QED) is 0.0707. The standard InChI is InChI=1S/C40H72O4Si.C28H48O2Si.C12H23O2.Li/c1-26(2)28(22-36-42-24-38(7,8)25-43-36)21-35(41)27(3)32-15-16-33-31-14-13-29-23-30(44-45(11,12)37(4,5)6)17-19-39(29,9)34(31)18-20-40(32,33)10;1-19(18-29)23-11-12-24-22-10-9-20-17-21(30-31(7,8)26(2,3)4)13-15-27(20,5)25(22)14-16-28(23,24)6;1-9(2)10(3)6-11-13-7-12(4,5)8-14-11;/h13,26-28,30-36,41H,14-25H2,1-12H3;9,18-19,21-25H,10-17H2,1-8H3;9-11H,3,6-8H2,1-2,4-5H3;/q;;-1;+1/t27?,28?,30-,31?,32+,33?,34?,35?,39-,40+;19?,21-,22?,23+,24?,25?,27-,28+;;/m00../s1. The van der Waals surface area contributed by atoms with Crippen LogP contribution < -0.4 is 18.9 Å². The second kappa shape index (κ2) is 29.6. The van der Waals surface area contributed by atoms with Crippen LogP contribution in [-0.2, 0) is 32.6 Å². The zero-order valence-corrected chi connectivity index (χ0v) is 66.0. The van der Waals surface area contributed by atoms with E-state index < -0.39 is 16.6 Å². The van der Waals surface area contributed by atoms with Gasteiger partial charge in [-0.1, -0.05) is 168 Å². The maximum atomic E-state index is 11.8. The van der Waals surface area contributed by atoms with Gasteiger partial charge in [-0.3, -0.25) is 0 Å². The summed E-state index contributed by atoms with van der Waals surface area (Å²) >= 11 is 0. The molecule has 0 radical (unpaired) electrons.